The van der Waals surface area contributed by atoms with Crippen LogP contribution < -0.4 is 9.80 Å². The molecule has 4 nitrogen and oxygen atoms in total. The average Bonchev–Trinajstić information content (AvgIpc) is 2.85. The highest BCUT2D eigenvalue weighted by Crippen LogP contribution is 2.45. The van der Waals surface area contributed by atoms with E-state index < -0.39 is 5.66 Å². The number of hydrogen-bond acceptors (Lipinski definition) is 2. The number of carbonyl (C=O) groups is 2. The number of carbonyl (C=O) groups excluding carboxylic acids is 2. The van der Waals surface area contributed by atoms with Gasteiger partial charge in [0.15, 0.2) is 0 Å². The van der Waals surface area contributed by atoms with Crippen molar-refractivity contribution in [2.45, 2.75) is 25.4 Å². The van der Waals surface area contributed by atoms with Crippen LogP contribution in [0.2, 0.25) is 0 Å². The smallest absolute Gasteiger partial charge is 0.262 e. The second kappa shape index (κ2) is 4.65. The third-order valence-corrected chi connectivity index (χ3v) is 4.69. The fraction of sp³-hybridized carbons (Fsp3) is 0.222. The quantitative estimate of drug-likeness (QED) is 0.810. The summed E-state index contributed by atoms with van der Waals surface area (Å²) in [7, 11) is 0. The molecule has 2 aliphatic heterocycles. The molecule has 2 aromatic carbocycles. The Morgan fingerprint density at radius 2 is 1.70 bits per heavy atom. The van der Waals surface area contributed by atoms with Crippen molar-refractivity contribution in [3.8, 4) is 0 Å². The zero-order valence-electron chi connectivity index (χ0n) is 12.6. The summed E-state index contributed by atoms with van der Waals surface area (Å²) in [5.74, 6) is -0.525. The highest BCUT2D eigenvalue weighted by Gasteiger charge is 2.53. The molecule has 0 radical (unpaired) electrons. The molecule has 0 saturated carbocycles. The van der Waals surface area contributed by atoms with Gasteiger partial charge in [0.05, 0.1) is 11.3 Å². The molecular formula is C18H15FN2O2. The van der Waals surface area contributed by atoms with E-state index in [-0.39, 0.29) is 17.6 Å². The number of rotatable bonds is 1. The Kier molecular flexibility index (Phi) is 2.82. The van der Waals surface area contributed by atoms with Crippen LogP contribution in [0, 0.1) is 5.82 Å². The fourth-order valence-corrected chi connectivity index (χ4v) is 3.62. The van der Waals surface area contributed by atoms with Gasteiger partial charge < -0.3 is 0 Å². The van der Waals surface area contributed by atoms with Crippen molar-refractivity contribution in [2.24, 2.45) is 0 Å². The topological polar surface area (TPSA) is 40.6 Å². The molecule has 2 aliphatic rings. The van der Waals surface area contributed by atoms with Crippen molar-refractivity contribution in [1.82, 2.24) is 0 Å². The number of hydrogen-bond donors (Lipinski definition) is 0. The van der Waals surface area contributed by atoms with Crippen molar-refractivity contribution in [2.75, 3.05) is 9.80 Å². The lowest BCUT2D eigenvalue weighted by Gasteiger charge is -2.48. The predicted molar refractivity (Wildman–Crippen MR) is 84.8 cm³/mol. The molecule has 0 N–H and O–H groups in total. The summed E-state index contributed by atoms with van der Waals surface area (Å²) in [6.45, 7) is 1.88. The third kappa shape index (κ3) is 1.82. The van der Waals surface area contributed by atoms with Crippen LogP contribution in [-0.4, -0.2) is 17.5 Å². The van der Waals surface area contributed by atoms with Crippen molar-refractivity contribution in [1.29, 1.82) is 0 Å². The van der Waals surface area contributed by atoms with Crippen molar-refractivity contribution in [3.63, 3.8) is 0 Å². The molecule has 2 heterocycles. The molecule has 0 unspecified atom stereocenters. The Labute approximate surface area is 133 Å². The maximum Gasteiger partial charge on any atom is 0.262 e. The lowest BCUT2D eigenvalue weighted by Crippen LogP contribution is -2.62. The third-order valence-electron chi connectivity index (χ3n) is 4.69. The Morgan fingerprint density at radius 3 is 2.43 bits per heavy atom. The van der Waals surface area contributed by atoms with E-state index in [0.717, 1.165) is 0 Å². The van der Waals surface area contributed by atoms with Gasteiger partial charge in [0.2, 0.25) is 5.91 Å². The molecule has 5 heteroatoms. The number of nitrogens with zero attached hydrogens (tertiary/aromatic N) is 2. The van der Waals surface area contributed by atoms with Crippen LogP contribution in [-0.2, 0) is 4.79 Å². The van der Waals surface area contributed by atoms with Gasteiger partial charge in [-0.25, -0.2) is 4.39 Å². The molecule has 2 aromatic rings. The predicted octanol–water partition coefficient (Wildman–Crippen LogP) is 3.33. The molecule has 0 aliphatic carbocycles. The van der Waals surface area contributed by atoms with Gasteiger partial charge in [-0.15, -0.1) is 0 Å². The second-order valence-corrected chi connectivity index (χ2v) is 6.08. The molecule has 4 rings (SSSR count). The van der Waals surface area contributed by atoms with E-state index >= 15 is 0 Å². The van der Waals surface area contributed by atoms with Crippen LogP contribution in [0.1, 0.15) is 30.1 Å². The first-order valence-electron chi connectivity index (χ1n) is 7.54. The highest BCUT2D eigenvalue weighted by atomic mass is 19.1. The summed E-state index contributed by atoms with van der Waals surface area (Å²) in [5, 5.41) is 0. The van der Waals surface area contributed by atoms with E-state index in [1.807, 2.05) is 13.0 Å². The molecule has 1 atom stereocenters. The molecule has 1 saturated heterocycles. The van der Waals surface area contributed by atoms with Gasteiger partial charge in [-0.1, -0.05) is 12.1 Å². The van der Waals surface area contributed by atoms with Gasteiger partial charge in [0.25, 0.3) is 5.91 Å². The van der Waals surface area contributed by atoms with E-state index in [1.165, 1.54) is 12.1 Å². The van der Waals surface area contributed by atoms with Crippen molar-refractivity contribution in [3.05, 3.63) is 59.9 Å². The Balaban J connectivity index is 1.95. The van der Waals surface area contributed by atoms with Crippen molar-refractivity contribution >= 4 is 23.2 Å². The van der Waals surface area contributed by atoms with Gasteiger partial charge in [-0.2, -0.15) is 0 Å². The standard InChI is InChI=1S/C18H15FN2O2/c1-18-11-10-16(22)21(18)15-5-3-2-4-14(15)17(23)20(18)13-8-6-12(19)7-9-13/h2-9H,10-11H2,1H3/t18-/m0/s1. The Bertz CT molecular complexity index is 818. The van der Waals surface area contributed by atoms with Gasteiger partial charge in [-0.3, -0.25) is 19.4 Å². The van der Waals surface area contributed by atoms with E-state index in [9.17, 15) is 14.0 Å². The molecule has 116 valence electrons. The van der Waals surface area contributed by atoms with E-state index in [4.69, 9.17) is 0 Å². The molecule has 2 amide bonds. The highest BCUT2D eigenvalue weighted by molar-refractivity contribution is 6.17. The van der Waals surface area contributed by atoms with Crippen LogP contribution in [0.5, 0.6) is 0 Å². The number of anilines is 2. The van der Waals surface area contributed by atoms with Gasteiger partial charge in [0.1, 0.15) is 11.5 Å². The van der Waals surface area contributed by atoms with Crippen LogP contribution >= 0.6 is 0 Å². The van der Waals surface area contributed by atoms with Crippen molar-refractivity contribution < 1.29 is 14.0 Å². The first kappa shape index (κ1) is 13.9. The lowest BCUT2D eigenvalue weighted by molar-refractivity contribution is -0.117. The first-order valence-corrected chi connectivity index (χ1v) is 7.54. The fourth-order valence-electron chi connectivity index (χ4n) is 3.62. The minimum absolute atomic E-state index is 0.000406. The van der Waals surface area contributed by atoms with Crippen LogP contribution in [0.3, 0.4) is 0 Å². The molecule has 0 bridgehead atoms. The molecule has 0 aromatic heterocycles. The summed E-state index contributed by atoms with van der Waals surface area (Å²) >= 11 is 0. The lowest BCUT2D eigenvalue weighted by atomic mass is 9.97. The van der Waals surface area contributed by atoms with E-state index in [2.05, 4.69) is 0 Å². The zero-order valence-corrected chi connectivity index (χ0v) is 12.6. The largest absolute Gasteiger partial charge is 0.288 e. The number of halogens is 1. The number of benzene rings is 2. The van der Waals surface area contributed by atoms with Gasteiger partial charge in [0, 0.05) is 12.1 Å². The maximum absolute atomic E-state index is 13.2. The number of amides is 2. The summed E-state index contributed by atoms with van der Waals surface area (Å²) in [5.41, 5.74) is 0.971. The summed E-state index contributed by atoms with van der Waals surface area (Å²) < 4.78 is 13.2. The van der Waals surface area contributed by atoms with Gasteiger partial charge >= 0.3 is 0 Å². The number of fused-ring (bicyclic) bond motifs is 3. The second-order valence-electron chi connectivity index (χ2n) is 6.08. The number of para-hydroxylation sites is 1. The minimum Gasteiger partial charge on any atom is -0.288 e. The summed E-state index contributed by atoms with van der Waals surface area (Å²) in [6, 6.07) is 12.9. The van der Waals surface area contributed by atoms with E-state index in [1.54, 1.807) is 40.1 Å². The monoisotopic (exact) mass is 310 g/mol. The molecular weight excluding hydrogens is 295 g/mol. The molecule has 23 heavy (non-hydrogen) atoms. The van der Waals surface area contributed by atoms with Crippen LogP contribution in [0.15, 0.2) is 48.5 Å². The zero-order chi connectivity index (χ0) is 16.2. The van der Waals surface area contributed by atoms with E-state index in [0.29, 0.717) is 29.8 Å². The van der Waals surface area contributed by atoms with Crippen LogP contribution in [0.25, 0.3) is 0 Å². The van der Waals surface area contributed by atoms with Crippen LogP contribution in [0.4, 0.5) is 15.8 Å². The summed E-state index contributed by atoms with van der Waals surface area (Å²) in [6.07, 6.45) is 0.930. The molecule has 0 spiro atoms. The van der Waals surface area contributed by atoms with Gasteiger partial charge in [-0.05, 0) is 49.7 Å². The Hall–Kier alpha value is -2.69. The SMILES string of the molecule is C[C@@]12CCC(=O)N1c1ccccc1C(=O)N2c1ccc(F)cc1. The summed E-state index contributed by atoms with van der Waals surface area (Å²) in [4.78, 5) is 28.8. The normalized spacial score (nSPS) is 23.0. The minimum atomic E-state index is -0.764. The maximum atomic E-state index is 13.2. The molecule has 1 fully saturated rings. The first-order chi connectivity index (χ1) is 11.0. The Morgan fingerprint density at radius 1 is 1.00 bits per heavy atom. The average molecular weight is 310 g/mol.